The number of hydrogen-bond donors (Lipinski definition) is 3. The maximum absolute atomic E-state index is 6.29. The summed E-state index contributed by atoms with van der Waals surface area (Å²) in [5, 5.41) is 8.26. The van der Waals surface area contributed by atoms with Crippen molar-refractivity contribution in [1.29, 1.82) is 0 Å². The van der Waals surface area contributed by atoms with Crippen molar-refractivity contribution in [2.75, 3.05) is 30.4 Å². The summed E-state index contributed by atoms with van der Waals surface area (Å²) in [5.41, 5.74) is 2.45. The predicted molar refractivity (Wildman–Crippen MR) is 99.4 cm³/mol. The first-order chi connectivity index (χ1) is 12.3. The monoisotopic (exact) mass is 357 g/mol. The SMILES string of the molecule is CCCNc1cc(Nc2cc[c]c3c2OCCO3)nc2[nH]cc(Cl)c12. The lowest BCUT2D eigenvalue weighted by Gasteiger charge is -2.21. The van der Waals surface area contributed by atoms with E-state index in [1.807, 2.05) is 12.1 Å². The molecule has 0 unspecified atom stereocenters. The normalized spacial score (nSPS) is 13.0. The van der Waals surface area contributed by atoms with Crippen LogP contribution in [0, 0.1) is 6.07 Å². The summed E-state index contributed by atoms with van der Waals surface area (Å²) in [4.78, 5) is 7.72. The number of aromatic amines is 1. The minimum atomic E-state index is 0.515. The third-order valence-corrected chi connectivity index (χ3v) is 4.21. The van der Waals surface area contributed by atoms with Gasteiger partial charge >= 0.3 is 0 Å². The van der Waals surface area contributed by atoms with E-state index in [2.05, 4.69) is 33.6 Å². The quantitative estimate of drug-likeness (QED) is 0.633. The minimum Gasteiger partial charge on any atom is -0.485 e. The van der Waals surface area contributed by atoms with Gasteiger partial charge in [-0.15, -0.1) is 0 Å². The van der Waals surface area contributed by atoms with Crippen molar-refractivity contribution in [1.82, 2.24) is 9.97 Å². The molecule has 7 heteroatoms. The van der Waals surface area contributed by atoms with Gasteiger partial charge in [0.25, 0.3) is 0 Å². The van der Waals surface area contributed by atoms with Crippen LogP contribution in [-0.4, -0.2) is 29.7 Å². The number of pyridine rings is 1. The zero-order valence-corrected chi connectivity index (χ0v) is 14.5. The first-order valence-corrected chi connectivity index (χ1v) is 8.63. The van der Waals surface area contributed by atoms with E-state index in [0.29, 0.717) is 35.6 Å². The number of fused-ring (bicyclic) bond motifs is 2. The Morgan fingerprint density at radius 1 is 1.32 bits per heavy atom. The minimum absolute atomic E-state index is 0.515. The molecule has 0 spiro atoms. The molecule has 1 aromatic carbocycles. The number of halogens is 1. The highest BCUT2D eigenvalue weighted by atomic mass is 35.5. The molecule has 3 heterocycles. The first kappa shape index (κ1) is 15.9. The summed E-state index contributed by atoms with van der Waals surface area (Å²) < 4.78 is 11.3. The Labute approximate surface area is 150 Å². The van der Waals surface area contributed by atoms with Crippen LogP contribution in [0.5, 0.6) is 11.5 Å². The summed E-state index contributed by atoms with van der Waals surface area (Å²) in [5.74, 6) is 1.96. The average Bonchev–Trinajstić information content (AvgIpc) is 3.01. The first-order valence-electron chi connectivity index (χ1n) is 8.25. The van der Waals surface area contributed by atoms with Gasteiger partial charge in [-0.2, -0.15) is 0 Å². The highest BCUT2D eigenvalue weighted by molar-refractivity contribution is 6.36. The van der Waals surface area contributed by atoms with Gasteiger partial charge in [-0.25, -0.2) is 4.98 Å². The van der Waals surface area contributed by atoms with Crippen molar-refractivity contribution in [2.45, 2.75) is 13.3 Å². The Bertz CT molecular complexity index is 909. The van der Waals surface area contributed by atoms with Crippen molar-refractivity contribution < 1.29 is 9.47 Å². The standard InChI is InChI=1S/C18H18ClN4O2/c1-2-6-20-13-9-15(23-18-16(13)11(19)10-21-18)22-12-4-3-5-14-17(12)25-8-7-24-14/h3-4,9-10H,2,6-8H2,1H3,(H3,20,21,22,23). The van der Waals surface area contributed by atoms with Gasteiger partial charge in [0.15, 0.2) is 11.5 Å². The number of nitrogens with one attached hydrogen (secondary N) is 3. The maximum Gasteiger partial charge on any atom is 0.185 e. The molecule has 0 aliphatic carbocycles. The van der Waals surface area contributed by atoms with Gasteiger partial charge in [-0.3, -0.25) is 0 Å². The molecule has 6 nitrogen and oxygen atoms in total. The molecule has 4 rings (SSSR count). The largest absolute Gasteiger partial charge is 0.485 e. The molecule has 1 radical (unpaired) electrons. The molecule has 0 atom stereocenters. The number of anilines is 3. The van der Waals surface area contributed by atoms with E-state index in [1.165, 1.54) is 0 Å². The van der Waals surface area contributed by atoms with Crippen LogP contribution in [0.2, 0.25) is 5.02 Å². The maximum atomic E-state index is 6.29. The number of rotatable bonds is 5. The topological polar surface area (TPSA) is 71.2 Å². The second-order valence-electron chi connectivity index (χ2n) is 5.71. The lowest BCUT2D eigenvalue weighted by molar-refractivity contribution is 0.172. The van der Waals surface area contributed by atoms with Crippen LogP contribution >= 0.6 is 11.6 Å². The molecule has 0 bridgehead atoms. The molecule has 1 aliphatic heterocycles. The van der Waals surface area contributed by atoms with Crippen LogP contribution in [0.4, 0.5) is 17.2 Å². The lowest BCUT2D eigenvalue weighted by Crippen LogP contribution is -2.16. The Hall–Kier alpha value is -2.60. The van der Waals surface area contributed by atoms with Crippen LogP contribution in [0.25, 0.3) is 11.0 Å². The number of H-pyrrole nitrogens is 1. The van der Waals surface area contributed by atoms with E-state index in [-0.39, 0.29) is 0 Å². The number of nitrogens with zero attached hydrogens (tertiary/aromatic N) is 1. The highest BCUT2D eigenvalue weighted by Crippen LogP contribution is 2.39. The fourth-order valence-corrected chi connectivity index (χ4v) is 3.04. The number of hydrogen-bond acceptors (Lipinski definition) is 5. The zero-order valence-electron chi connectivity index (χ0n) is 13.8. The lowest BCUT2D eigenvalue weighted by atomic mass is 10.2. The molecule has 3 aromatic rings. The molecule has 3 N–H and O–H groups in total. The third-order valence-electron chi connectivity index (χ3n) is 3.91. The molecule has 0 saturated heterocycles. The summed E-state index contributed by atoms with van der Waals surface area (Å²) >= 11 is 6.29. The smallest absolute Gasteiger partial charge is 0.185 e. The average molecular weight is 358 g/mol. The van der Waals surface area contributed by atoms with Crippen molar-refractivity contribution in [3.8, 4) is 11.5 Å². The molecular weight excluding hydrogens is 340 g/mol. The van der Waals surface area contributed by atoms with E-state index in [4.69, 9.17) is 21.1 Å². The van der Waals surface area contributed by atoms with E-state index >= 15 is 0 Å². The van der Waals surface area contributed by atoms with Crippen molar-refractivity contribution in [3.63, 3.8) is 0 Å². The van der Waals surface area contributed by atoms with E-state index in [9.17, 15) is 0 Å². The van der Waals surface area contributed by atoms with Crippen LogP contribution in [0.15, 0.2) is 24.4 Å². The van der Waals surface area contributed by atoms with E-state index in [0.717, 1.165) is 35.4 Å². The van der Waals surface area contributed by atoms with Crippen LogP contribution in [0.3, 0.4) is 0 Å². The second-order valence-corrected chi connectivity index (χ2v) is 6.12. The van der Waals surface area contributed by atoms with Crippen molar-refractivity contribution in [3.05, 3.63) is 35.5 Å². The van der Waals surface area contributed by atoms with Crippen LogP contribution in [-0.2, 0) is 0 Å². The molecule has 0 saturated carbocycles. The molecule has 129 valence electrons. The van der Waals surface area contributed by atoms with Crippen LogP contribution in [0.1, 0.15) is 13.3 Å². The van der Waals surface area contributed by atoms with Gasteiger partial charge in [0, 0.05) is 24.9 Å². The highest BCUT2D eigenvalue weighted by Gasteiger charge is 2.17. The molecule has 0 fully saturated rings. The van der Waals surface area contributed by atoms with E-state index in [1.54, 1.807) is 12.3 Å². The molecule has 0 amide bonds. The van der Waals surface area contributed by atoms with Gasteiger partial charge in [0.2, 0.25) is 0 Å². The fraction of sp³-hybridized carbons (Fsp3) is 0.278. The molecule has 25 heavy (non-hydrogen) atoms. The summed E-state index contributed by atoms with van der Waals surface area (Å²) in [6, 6.07) is 8.68. The van der Waals surface area contributed by atoms with Gasteiger partial charge < -0.3 is 25.1 Å². The fourth-order valence-electron chi connectivity index (χ4n) is 2.80. The Morgan fingerprint density at radius 3 is 3.08 bits per heavy atom. The number of aromatic nitrogens is 2. The Morgan fingerprint density at radius 2 is 2.20 bits per heavy atom. The van der Waals surface area contributed by atoms with Gasteiger partial charge in [0.1, 0.15) is 24.7 Å². The van der Waals surface area contributed by atoms with Crippen molar-refractivity contribution in [2.24, 2.45) is 0 Å². The summed E-state index contributed by atoms with van der Waals surface area (Å²) in [7, 11) is 0. The zero-order chi connectivity index (χ0) is 17.2. The number of benzene rings is 1. The van der Waals surface area contributed by atoms with E-state index < -0.39 is 0 Å². The molecular formula is C18H18ClN4O2. The van der Waals surface area contributed by atoms with Crippen LogP contribution < -0.4 is 20.1 Å². The summed E-state index contributed by atoms with van der Waals surface area (Å²) in [6.07, 6.45) is 2.76. The van der Waals surface area contributed by atoms with Gasteiger partial charge in [-0.1, -0.05) is 18.5 Å². The second kappa shape index (κ2) is 6.72. The predicted octanol–water partition coefficient (Wildman–Crippen LogP) is 4.35. The van der Waals surface area contributed by atoms with Crippen molar-refractivity contribution >= 4 is 39.8 Å². The number of ether oxygens (including phenoxy) is 2. The third kappa shape index (κ3) is 3.05. The molecule has 1 aliphatic rings. The Balaban J connectivity index is 1.72. The van der Waals surface area contributed by atoms with Gasteiger partial charge in [0.05, 0.1) is 21.8 Å². The summed E-state index contributed by atoms with van der Waals surface area (Å²) in [6.45, 7) is 4.02. The molecule has 2 aromatic heterocycles. The van der Waals surface area contributed by atoms with Gasteiger partial charge in [-0.05, 0) is 18.6 Å². The Kier molecular flexibility index (Phi) is 4.28.